The van der Waals surface area contributed by atoms with Crippen LogP contribution in [0.1, 0.15) is 18.2 Å². The highest BCUT2D eigenvalue weighted by Crippen LogP contribution is 2.11. The van der Waals surface area contributed by atoms with E-state index in [9.17, 15) is 0 Å². The second-order valence-corrected chi connectivity index (χ2v) is 4.09. The fourth-order valence-electron chi connectivity index (χ4n) is 1.79. The molecule has 0 fully saturated rings. The molecule has 0 saturated heterocycles. The van der Waals surface area contributed by atoms with Gasteiger partial charge in [-0.3, -0.25) is 4.98 Å². The molecule has 0 radical (unpaired) electrons. The van der Waals surface area contributed by atoms with Crippen LogP contribution in [0.15, 0.2) is 48.7 Å². The van der Waals surface area contributed by atoms with E-state index < -0.39 is 0 Å². The molecule has 2 rings (SSSR count). The van der Waals surface area contributed by atoms with Gasteiger partial charge in [0.15, 0.2) is 0 Å². The van der Waals surface area contributed by atoms with Crippen LogP contribution >= 0.6 is 0 Å². The van der Waals surface area contributed by atoms with Crippen molar-refractivity contribution in [3.8, 4) is 5.75 Å². The smallest absolute Gasteiger partial charge is 0.119 e. The van der Waals surface area contributed by atoms with Gasteiger partial charge in [0, 0.05) is 11.8 Å². The summed E-state index contributed by atoms with van der Waals surface area (Å²) >= 11 is 0. The number of benzene rings is 1. The average molecular weight is 243 g/mol. The lowest BCUT2D eigenvalue weighted by atomic mass is 10.2. The van der Waals surface area contributed by atoms with E-state index >= 15 is 0 Å². The maximum Gasteiger partial charge on any atom is 0.119 e. The van der Waals surface area contributed by atoms with Gasteiger partial charge in [-0.2, -0.15) is 0 Å². The summed E-state index contributed by atoms with van der Waals surface area (Å²) in [6, 6.07) is 14.3. The van der Waals surface area contributed by atoms with Gasteiger partial charge in [-0.25, -0.2) is 0 Å². The van der Waals surface area contributed by atoms with Gasteiger partial charge in [-0.1, -0.05) is 6.07 Å². The highest BCUT2D eigenvalue weighted by molar-refractivity contribution is 5.26. The summed E-state index contributed by atoms with van der Waals surface area (Å²) in [6.07, 6.45) is 1.83. The lowest BCUT2D eigenvalue weighted by molar-refractivity contribution is -0.686. The molecule has 0 saturated carbocycles. The molecular weight excluding hydrogens is 224 g/mol. The summed E-state index contributed by atoms with van der Waals surface area (Å²) in [5.41, 5.74) is 2.41. The molecule has 1 aromatic heterocycles. The zero-order valence-electron chi connectivity index (χ0n) is 10.7. The lowest BCUT2D eigenvalue weighted by Gasteiger charge is -2.04. The van der Waals surface area contributed by atoms with Gasteiger partial charge in [0.1, 0.15) is 18.8 Å². The van der Waals surface area contributed by atoms with Crippen molar-refractivity contribution in [1.29, 1.82) is 0 Å². The highest BCUT2D eigenvalue weighted by Gasteiger charge is 1.99. The standard InChI is InChI=1S/C15H18N2O/c1-2-18-15-8-6-13(7-9-15)11-16-12-14-5-3-4-10-17-14/h3-10,16H,2,11-12H2,1H3/p+1. The molecule has 2 N–H and O–H groups in total. The minimum atomic E-state index is 0.713. The lowest BCUT2D eigenvalue weighted by Crippen LogP contribution is -2.80. The van der Waals surface area contributed by atoms with E-state index in [0.717, 1.165) is 24.5 Å². The molecule has 0 unspecified atom stereocenters. The normalized spacial score (nSPS) is 10.3. The predicted molar refractivity (Wildman–Crippen MR) is 71.2 cm³/mol. The first kappa shape index (κ1) is 12.6. The number of hydrogen-bond acceptors (Lipinski definition) is 2. The van der Waals surface area contributed by atoms with Crippen molar-refractivity contribution in [3.63, 3.8) is 0 Å². The Labute approximate surface area is 108 Å². The van der Waals surface area contributed by atoms with Crippen LogP contribution in [0, 0.1) is 0 Å². The zero-order valence-corrected chi connectivity index (χ0v) is 10.7. The summed E-state index contributed by atoms with van der Waals surface area (Å²) in [5.74, 6) is 0.936. The summed E-state index contributed by atoms with van der Waals surface area (Å²) in [6.45, 7) is 4.58. The fourth-order valence-corrected chi connectivity index (χ4v) is 1.79. The predicted octanol–water partition coefficient (Wildman–Crippen LogP) is 1.74. The Kier molecular flexibility index (Phi) is 4.73. The Morgan fingerprint density at radius 3 is 2.56 bits per heavy atom. The van der Waals surface area contributed by atoms with Crippen LogP contribution in [-0.4, -0.2) is 11.6 Å². The number of pyridine rings is 1. The summed E-state index contributed by atoms with van der Waals surface area (Å²) < 4.78 is 5.41. The Balaban J connectivity index is 1.80. The van der Waals surface area contributed by atoms with Gasteiger partial charge in [-0.05, 0) is 43.3 Å². The Morgan fingerprint density at radius 1 is 1.06 bits per heavy atom. The fraction of sp³-hybridized carbons (Fsp3) is 0.267. The van der Waals surface area contributed by atoms with Crippen molar-refractivity contribution in [2.24, 2.45) is 0 Å². The van der Waals surface area contributed by atoms with Gasteiger partial charge in [0.2, 0.25) is 0 Å². The van der Waals surface area contributed by atoms with Crippen molar-refractivity contribution >= 4 is 0 Å². The minimum absolute atomic E-state index is 0.713. The first-order chi connectivity index (χ1) is 8.88. The van der Waals surface area contributed by atoms with Gasteiger partial charge in [0.25, 0.3) is 0 Å². The van der Waals surface area contributed by atoms with E-state index in [-0.39, 0.29) is 0 Å². The molecule has 0 aliphatic rings. The van der Waals surface area contributed by atoms with Crippen LogP contribution in [0.2, 0.25) is 0 Å². The van der Waals surface area contributed by atoms with E-state index in [4.69, 9.17) is 4.74 Å². The quantitative estimate of drug-likeness (QED) is 0.839. The Hall–Kier alpha value is -1.87. The van der Waals surface area contributed by atoms with Gasteiger partial charge in [0.05, 0.1) is 12.3 Å². The second-order valence-electron chi connectivity index (χ2n) is 4.09. The molecule has 18 heavy (non-hydrogen) atoms. The third kappa shape index (κ3) is 3.86. The van der Waals surface area contributed by atoms with Crippen molar-refractivity contribution in [2.45, 2.75) is 20.0 Å². The number of nitrogens with zero attached hydrogens (tertiary/aromatic N) is 1. The van der Waals surface area contributed by atoms with Crippen molar-refractivity contribution in [2.75, 3.05) is 6.61 Å². The topological polar surface area (TPSA) is 38.7 Å². The SMILES string of the molecule is CCOc1ccc(C[NH2+]Cc2ccccn2)cc1. The third-order valence-electron chi connectivity index (χ3n) is 2.69. The van der Waals surface area contributed by atoms with Crippen LogP contribution in [0.5, 0.6) is 5.75 Å². The highest BCUT2D eigenvalue weighted by atomic mass is 16.5. The molecule has 3 heteroatoms. The molecule has 2 aromatic rings. The molecule has 3 nitrogen and oxygen atoms in total. The van der Waals surface area contributed by atoms with E-state index in [1.54, 1.807) is 0 Å². The van der Waals surface area contributed by atoms with Crippen molar-refractivity contribution in [1.82, 2.24) is 4.98 Å². The molecule has 0 amide bonds. The number of aromatic nitrogens is 1. The van der Waals surface area contributed by atoms with Crippen LogP contribution in [0.4, 0.5) is 0 Å². The summed E-state index contributed by atoms with van der Waals surface area (Å²) in [7, 11) is 0. The molecule has 0 aliphatic carbocycles. The minimum Gasteiger partial charge on any atom is -0.494 e. The van der Waals surface area contributed by atoms with Crippen LogP contribution in [0.3, 0.4) is 0 Å². The number of ether oxygens (including phenoxy) is 1. The van der Waals surface area contributed by atoms with Gasteiger partial charge < -0.3 is 10.1 Å². The van der Waals surface area contributed by atoms with E-state index in [1.807, 2.05) is 37.4 Å². The zero-order chi connectivity index (χ0) is 12.6. The average Bonchev–Trinajstić information content (AvgIpc) is 2.42. The first-order valence-electron chi connectivity index (χ1n) is 6.32. The van der Waals surface area contributed by atoms with E-state index in [2.05, 4.69) is 28.5 Å². The molecule has 0 aliphatic heterocycles. The molecule has 0 atom stereocenters. The van der Waals surface area contributed by atoms with Crippen LogP contribution < -0.4 is 10.1 Å². The van der Waals surface area contributed by atoms with E-state index in [1.165, 1.54) is 5.56 Å². The van der Waals surface area contributed by atoms with Gasteiger partial charge >= 0.3 is 0 Å². The maximum absolute atomic E-state index is 5.41. The molecular formula is C15H19N2O+. The molecule has 94 valence electrons. The Bertz CT molecular complexity index is 454. The van der Waals surface area contributed by atoms with Crippen LogP contribution in [0.25, 0.3) is 0 Å². The van der Waals surface area contributed by atoms with Crippen molar-refractivity contribution < 1.29 is 10.1 Å². The molecule has 1 heterocycles. The summed E-state index contributed by atoms with van der Waals surface area (Å²) in [5, 5.41) is 2.25. The number of hydrogen-bond donors (Lipinski definition) is 1. The largest absolute Gasteiger partial charge is 0.494 e. The molecule has 0 bridgehead atoms. The van der Waals surface area contributed by atoms with E-state index in [0.29, 0.717) is 6.61 Å². The number of nitrogens with two attached hydrogens (primary N) is 1. The van der Waals surface area contributed by atoms with Crippen molar-refractivity contribution in [3.05, 3.63) is 59.9 Å². The first-order valence-corrected chi connectivity index (χ1v) is 6.32. The monoisotopic (exact) mass is 243 g/mol. The number of quaternary nitrogens is 1. The molecule has 1 aromatic carbocycles. The van der Waals surface area contributed by atoms with Crippen LogP contribution in [-0.2, 0) is 13.1 Å². The maximum atomic E-state index is 5.41. The second kappa shape index (κ2) is 6.77. The molecule has 0 spiro atoms. The summed E-state index contributed by atoms with van der Waals surface area (Å²) in [4.78, 5) is 4.30. The Morgan fingerprint density at radius 2 is 1.89 bits per heavy atom. The number of rotatable bonds is 6. The van der Waals surface area contributed by atoms with Gasteiger partial charge in [-0.15, -0.1) is 0 Å². The third-order valence-corrected chi connectivity index (χ3v) is 2.69.